The molecule has 0 saturated carbocycles. The average Bonchev–Trinajstić information content (AvgIpc) is 3.16. The second-order valence-electron chi connectivity index (χ2n) is 5.12. The van der Waals surface area contributed by atoms with Crippen molar-refractivity contribution in [1.29, 1.82) is 0 Å². The maximum absolute atomic E-state index is 11.9. The lowest BCUT2D eigenvalue weighted by molar-refractivity contribution is -0.126. The predicted molar refractivity (Wildman–Crippen MR) is 87.7 cm³/mol. The van der Waals surface area contributed by atoms with Gasteiger partial charge in [0.2, 0.25) is 5.91 Å². The molecule has 2 heterocycles. The van der Waals surface area contributed by atoms with Gasteiger partial charge < -0.3 is 14.5 Å². The maximum atomic E-state index is 11.9. The number of hydrogen-bond acceptors (Lipinski definition) is 5. The largest absolute Gasteiger partial charge is 0.472 e. The van der Waals surface area contributed by atoms with Crippen LogP contribution >= 0.6 is 0 Å². The molecule has 1 amide bonds. The number of hydrogen-bond donors (Lipinski definition) is 1. The maximum Gasteiger partial charge on any atom is 0.246 e. The van der Waals surface area contributed by atoms with Gasteiger partial charge in [-0.1, -0.05) is 30.3 Å². The van der Waals surface area contributed by atoms with Crippen LogP contribution in [0.1, 0.15) is 11.3 Å². The zero-order valence-corrected chi connectivity index (χ0v) is 13.0. The van der Waals surface area contributed by atoms with Crippen LogP contribution in [0.25, 0.3) is 11.3 Å². The Morgan fingerprint density at radius 2 is 1.96 bits per heavy atom. The summed E-state index contributed by atoms with van der Waals surface area (Å²) in [6.45, 7) is 0.678. The van der Waals surface area contributed by atoms with Gasteiger partial charge in [-0.2, -0.15) is 0 Å². The van der Waals surface area contributed by atoms with Crippen LogP contribution in [0.3, 0.4) is 0 Å². The molecule has 0 radical (unpaired) electrons. The number of rotatable bonds is 7. The lowest BCUT2D eigenvalue weighted by atomic mass is 10.2. The molecular weight excluding hydrogens is 306 g/mol. The normalized spacial score (nSPS) is 10.5. The van der Waals surface area contributed by atoms with Crippen molar-refractivity contribution < 1.29 is 13.9 Å². The van der Waals surface area contributed by atoms with Gasteiger partial charge in [-0.15, -0.1) is 0 Å². The molecule has 3 rings (SSSR count). The first-order valence-electron chi connectivity index (χ1n) is 7.54. The minimum absolute atomic E-state index is 0.00377. The molecule has 0 bridgehead atoms. The van der Waals surface area contributed by atoms with Crippen LogP contribution in [0, 0.1) is 0 Å². The van der Waals surface area contributed by atoms with Crippen LogP contribution in [0.5, 0.6) is 0 Å². The van der Waals surface area contributed by atoms with Crippen molar-refractivity contribution in [1.82, 2.24) is 15.3 Å². The SMILES string of the molecule is O=C(COCc1ccccc1)NCc1nccnc1-c1ccoc1. The summed E-state index contributed by atoms with van der Waals surface area (Å²) < 4.78 is 10.5. The summed E-state index contributed by atoms with van der Waals surface area (Å²) in [5, 5.41) is 2.79. The van der Waals surface area contributed by atoms with E-state index in [1.807, 2.05) is 30.3 Å². The van der Waals surface area contributed by atoms with E-state index in [0.29, 0.717) is 18.0 Å². The van der Waals surface area contributed by atoms with E-state index in [0.717, 1.165) is 11.1 Å². The van der Waals surface area contributed by atoms with Crippen molar-refractivity contribution in [3.05, 3.63) is 72.6 Å². The average molecular weight is 323 g/mol. The lowest BCUT2D eigenvalue weighted by Gasteiger charge is -2.08. The molecular formula is C18H17N3O3. The summed E-state index contributed by atoms with van der Waals surface area (Å²) in [6.07, 6.45) is 6.37. The number of carbonyl (C=O) groups is 1. The Morgan fingerprint density at radius 3 is 2.75 bits per heavy atom. The first-order valence-corrected chi connectivity index (χ1v) is 7.54. The summed E-state index contributed by atoms with van der Waals surface area (Å²) in [5.74, 6) is -0.199. The monoisotopic (exact) mass is 323 g/mol. The van der Waals surface area contributed by atoms with Gasteiger partial charge in [0.1, 0.15) is 6.61 Å². The van der Waals surface area contributed by atoms with Gasteiger partial charge >= 0.3 is 0 Å². The minimum Gasteiger partial charge on any atom is -0.472 e. The van der Waals surface area contributed by atoms with Crippen LogP contribution in [0.2, 0.25) is 0 Å². The van der Waals surface area contributed by atoms with Gasteiger partial charge in [-0.3, -0.25) is 14.8 Å². The Morgan fingerprint density at radius 1 is 1.12 bits per heavy atom. The van der Waals surface area contributed by atoms with Crippen LogP contribution in [0.15, 0.2) is 65.7 Å². The molecule has 0 spiro atoms. The standard InChI is InChI=1S/C18H17N3O3/c22-17(13-24-11-14-4-2-1-3-5-14)21-10-16-18(20-8-7-19-16)15-6-9-23-12-15/h1-9,12H,10-11,13H2,(H,21,22). The number of carbonyl (C=O) groups excluding carboxylic acids is 1. The molecule has 0 aliphatic carbocycles. The smallest absolute Gasteiger partial charge is 0.246 e. The molecule has 0 unspecified atom stereocenters. The third-order valence-electron chi connectivity index (χ3n) is 3.37. The first kappa shape index (κ1) is 15.9. The second-order valence-corrected chi connectivity index (χ2v) is 5.12. The number of ether oxygens (including phenoxy) is 1. The van der Waals surface area contributed by atoms with E-state index in [1.54, 1.807) is 31.0 Å². The Hall–Kier alpha value is -2.99. The third-order valence-corrected chi connectivity index (χ3v) is 3.37. The summed E-state index contributed by atoms with van der Waals surface area (Å²) in [5.41, 5.74) is 3.22. The summed E-state index contributed by atoms with van der Waals surface area (Å²) in [4.78, 5) is 20.5. The topological polar surface area (TPSA) is 77.2 Å². The molecule has 0 aliphatic heterocycles. The highest BCUT2D eigenvalue weighted by Gasteiger charge is 2.10. The van der Waals surface area contributed by atoms with Crippen molar-refractivity contribution in [3.8, 4) is 11.3 Å². The number of aromatic nitrogens is 2. The third kappa shape index (κ3) is 4.27. The van der Waals surface area contributed by atoms with Crippen molar-refractivity contribution >= 4 is 5.91 Å². The van der Waals surface area contributed by atoms with Gasteiger partial charge in [0.25, 0.3) is 0 Å². The molecule has 2 aromatic heterocycles. The Bertz CT molecular complexity index is 773. The Balaban J connectivity index is 1.50. The van der Waals surface area contributed by atoms with E-state index in [9.17, 15) is 4.79 Å². The highest BCUT2D eigenvalue weighted by molar-refractivity contribution is 5.77. The van der Waals surface area contributed by atoms with Crippen LogP contribution < -0.4 is 5.32 Å². The van der Waals surface area contributed by atoms with Crippen LogP contribution in [-0.4, -0.2) is 22.5 Å². The number of nitrogens with zero attached hydrogens (tertiary/aromatic N) is 2. The molecule has 3 aromatic rings. The minimum atomic E-state index is -0.199. The van der Waals surface area contributed by atoms with Crippen molar-refractivity contribution in [2.75, 3.05) is 6.61 Å². The van der Waals surface area contributed by atoms with E-state index < -0.39 is 0 Å². The van der Waals surface area contributed by atoms with Gasteiger partial charge in [-0.25, -0.2) is 0 Å². The highest BCUT2D eigenvalue weighted by atomic mass is 16.5. The lowest BCUT2D eigenvalue weighted by Crippen LogP contribution is -2.27. The molecule has 1 aromatic carbocycles. The van der Waals surface area contributed by atoms with Crippen molar-refractivity contribution in [3.63, 3.8) is 0 Å². The van der Waals surface area contributed by atoms with Crippen LogP contribution in [0.4, 0.5) is 0 Å². The second kappa shape index (κ2) is 8.03. The molecule has 24 heavy (non-hydrogen) atoms. The van der Waals surface area contributed by atoms with Gasteiger partial charge in [-0.05, 0) is 11.6 Å². The van der Waals surface area contributed by atoms with E-state index in [2.05, 4.69) is 15.3 Å². The summed E-state index contributed by atoms with van der Waals surface area (Å²) in [6, 6.07) is 11.5. The first-order chi connectivity index (χ1) is 11.8. The molecule has 6 nitrogen and oxygen atoms in total. The molecule has 0 saturated heterocycles. The predicted octanol–water partition coefficient (Wildman–Crippen LogP) is 2.57. The van der Waals surface area contributed by atoms with Crippen LogP contribution in [-0.2, 0) is 22.7 Å². The van der Waals surface area contributed by atoms with Crippen molar-refractivity contribution in [2.45, 2.75) is 13.2 Å². The van der Waals surface area contributed by atoms with E-state index in [-0.39, 0.29) is 19.1 Å². The quantitative estimate of drug-likeness (QED) is 0.723. The van der Waals surface area contributed by atoms with E-state index in [4.69, 9.17) is 9.15 Å². The van der Waals surface area contributed by atoms with Gasteiger partial charge in [0.15, 0.2) is 0 Å². The highest BCUT2D eigenvalue weighted by Crippen LogP contribution is 2.19. The molecule has 1 N–H and O–H groups in total. The van der Waals surface area contributed by atoms with Gasteiger partial charge in [0, 0.05) is 18.0 Å². The van der Waals surface area contributed by atoms with Crippen molar-refractivity contribution in [2.24, 2.45) is 0 Å². The molecule has 0 fully saturated rings. The summed E-state index contributed by atoms with van der Waals surface area (Å²) in [7, 11) is 0. The van der Waals surface area contributed by atoms with E-state index >= 15 is 0 Å². The zero-order chi connectivity index (χ0) is 16.6. The molecule has 0 atom stereocenters. The number of furan rings is 1. The zero-order valence-electron chi connectivity index (χ0n) is 13.0. The Kier molecular flexibility index (Phi) is 5.32. The van der Waals surface area contributed by atoms with E-state index in [1.165, 1.54) is 0 Å². The molecule has 6 heteroatoms. The number of amides is 1. The summed E-state index contributed by atoms with van der Waals surface area (Å²) >= 11 is 0. The molecule has 122 valence electrons. The fraction of sp³-hybridized carbons (Fsp3) is 0.167. The Labute approximate surface area is 139 Å². The number of nitrogens with one attached hydrogen (secondary N) is 1. The number of benzene rings is 1. The molecule has 0 aliphatic rings. The van der Waals surface area contributed by atoms with Gasteiger partial charge in [0.05, 0.1) is 37.1 Å². The fourth-order valence-electron chi connectivity index (χ4n) is 2.21. The fourth-order valence-corrected chi connectivity index (χ4v) is 2.21.